The number of hydrogen-bond donors (Lipinski definition) is 0. The van der Waals surface area contributed by atoms with Gasteiger partial charge < -0.3 is 4.74 Å². The summed E-state index contributed by atoms with van der Waals surface area (Å²) in [4.78, 5) is 26.5. The highest BCUT2D eigenvalue weighted by molar-refractivity contribution is 6.07. The van der Waals surface area contributed by atoms with E-state index in [0.29, 0.717) is 6.54 Å². The second kappa shape index (κ2) is 3.79. The van der Waals surface area contributed by atoms with Crippen LogP contribution in [0.2, 0.25) is 0 Å². The number of amides is 2. The first-order valence-electron chi connectivity index (χ1n) is 6.86. The third-order valence-electron chi connectivity index (χ3n) is 4.60. The first kappa shape index (κ1) is 11.9. The number of likely N-dealkylation sites (tertiary alicyclic amines) is 1. The van der Waals surface area contributed by atoms with E-state index in [1.54, 1.807) is 0 Å². The third kappa shape index (κ3) is 1.40. The molecule has 4 heteroatoms. The zero-order valence-corrected chi connectivity index (χ0v) is 11.2. The van der Waals surface area contributed by atoms with Crippen LogP contribution in [0.3, 0.4) is 0 Å². The predicted octanol–water partition coefficient (Wildman–Crippen LogP) is 1.52. The van der Waals surface area contributed by atoms with Gasteiger partial charge in [-0.1, -0.05) is 42.5 Å². The van der Waals surface area contributed by atoms with Crippen LogP contribution >= 0.6 is 0 Å². The lowest BCUT2D eigenvalue weighted by molar-refractivity contribution is -0.144. The molecule has 3 aliphatic heterocycles. The molecule has 20 heavy (non-hydrogen) atoms. The van der Waals surface area contributed by atoms with Crippen LogP contribution in [0.25, 0.3) is 0 Å². The summed E-state index contributed by atoms with van der Waals surface area (Å²) in [5.74, 6) is -0.880. The number of nitrogens with zero attached hydrogens (tertiary/aromatic N) is 1. The molecule has 2 saturated heterocycles. The molecule has 1 aromatic rings. The highest BCUT2D eigenvalue weighted by atomic mass is 16.5. The van der Waals surface area contributed by atoms with Gasteiger partial charge in [0.15, 0.2) is 0 Å². The lowest BCUT2D eigenvalue weighted by Gasteiger charge is -2.24. The zero-order valence-electron chi connectivity index (χ0n) is 11.2. The van der Waals surface area contributed by atoms with Crippen molar-refractivity contribution >= 4 is 11.8 Å². The van der Waals surface area contributed by atoms with E-state index < -0.39 is 5.60 Å². The van der Waals surface area contributed by atoms with E-state index in [1.807, 2.05) is 49.4 Å². The predicted molar refractivity (Wildman–Crippen MR) is 71.4 cm³/mol. The van der Waals surface area contributed by atoms with E-state index >= 15 is 0 Å². The molecule has 0 radical (unpaired) electrons. The lowest BCUT2D eigenvalue weighted by Crippen LogP contribution is -2.38. The van der Waals surface area contributed by atoms with Crippen molar-refractivity contribution in [3.05, 3.63) is 48.0 Å². The standard InChI is InChI=1S/C16H15NO3/c1-16-8-7-11(20-16)12-13(16)15(19)17(14(12)18)9-10-5-3-2-4-6-10/h2-8,11-13H,9H2,1H3/t11-,12-,13-,16+/m1/s1. The van der Waals surface area contributed by atoms with Crippen LogP contribution in [-0.4, -0.2) is 28.4 Å². The van der Waals surface area contributed by atoms with Crippen LogP contribution in [0.15, 0.2) is 42.5 Å². The average Bonchev–Trinajstić information content (AvgIpc) is 3.04. The Morgan fingerprint density at radius 2 is 1.95 bits per heavy atom. The van der Waals surface area contributed by atoms with Gasteiger partial charge in [-0.2, -0.15) is 0 Å². The fourth-order valence-electron chi connectivity index (χ4n) is 3.63. The Kier molecular flexibility index (Phi) is 2.25. The number of hydrogen-bond acceptors (Lipinski definition) is 3. The van der Waals surface area contributed by atoms with Gasteiger partial charge in [0.05, 0.1) is 30.1 Å². The van der Waals surface area contributed by atoms with Gasteiger partial charge in [0, 0.05) is 0 Å². The van der Waals surface area contributed by atoms with Gasteiger partial charge in [0.1, 0.15) is 0 Å². The second-order valence-corrected chi connectivity index (χ2v) is 5.88. The van der Waals surface area contributed by atoms with Gasteiger partial charge in [-0.3, -0.25) is 14.5 Å². The summed E-state index contributed by atoms with van der Waals surface area (Å²) in [7, 11) is 0. The van der Waals surface area contributed by atoms with Crippen LogP contribution in [0.5, 0.6) is 0 Å². The van der Waals surface area contributed by atoms with E-state index in [1.165, 1.54) is 4.90 Å². The Hall–Kier alpha value is -1.94. The molecule has 4 rings (SSSR count). The van der Waals surface area contributed by atoms with E-state index in [9.17, 15) is 9.59 Å². The highest BCUT2D eigenvalue weighted by Crippen LogP contribution is 2.51. The van der Waals surface area contributed by atoms with Gasteiger partial charge in [-0.25, -0.2) is 0 Å². The maximum Gasteiger partial charge on any atom is 0.236 e. The number of ether oxygens (including phenoxy) is 1. The summed E-state index contributed by atoms with van der Waals surface area (Å²) in [6.07, 6.45) is 3.61. The molecule has 2 bridgehead atoms. The second-order valence-electron chi connectivity index (χ2n) is 5.88. The smallest absolute Gasteiger partial charge is 0.236 e. The molecule has 3 aliphatic rings. The van der Waals surface area contributed by atoms with E-state index in [2.05, 4.69) is 0 Å². The fraction of sp³-hybridized carbons (Fsp3) is 0.375. The van der Waals surface area contributed by atoms with E-state index in [4.69, 9.17) is 4.74 Å². The van der Waals surface area contributed by atoms with Crippen LogP contribution in [-0.2, 0) is 20.9 Å². The van der Waals surface area contributed by atoms with Crippen LogP contribution in [0.4, 0.5) is 0 Å². The quantitative estimate of drug-likeness (QED) is 0.604. The Labute approximate surface area is 117 Å². The van der Waals surface area contributed by atoms with Crippen molar-refractivity contribution in [3.63, 3.8) is 0 Å². The summed E-state index contributed by atoms with van der Waals surface area (Å²) in [5.41, 5.74) is 0.369. The lowest BCUT2D eigenvalue weighted by atomic mass is 9.78. The number of carbonyl (C=O) groups is 2. The van der Waals surface area contributed by atoms with Crippen molar-refractivity contribution in [1.29, 1.82) is 0 Å². The summed E-state index contributed by atoms with van der Waals surface area (Å²) < 4.78 is 5.79. The summed E-state index contributed by atoms with van der Waals surface area (Å²) in [5, 5.41) is 0. The van der Waals surface area contributed by atoms with Crippen LogP contribution in [0.1, 0.15) is 12.5 Å². The first-order valence-corrected chi connectivity index (χ1v) is 6.86. The number of rotatable bonds is 2. The van der Waals surface area contributed by atoms with E-state index in [0.717, 1.165) is 5.56 Å². The maximum absolute atomic E-state index is 12.6. The summed E-state index contributed by atoms with van der Waals surface area (Å²) in [6, 6.07) is 9.61. The molecule has 3 heterocycles. The zero-order chi connectivity index (χ0) is 13.9. The van der Waals surface area contributed by atoms with Gasteiger partial charge in [0.2, 0.25) is 11.8 Å². The average molecular weight is 269 g/mol. The van der Waals surface area contributed by atoms with Crippen LogP contribution in [0, 0.1) is 11.8 Å². The molecule has 102 valence electrons. The molecule has 2 fully saturated rings. The molecule has 4 atom stereocenters. The number of benzene rings is 1. The number of fused-ring (bicyclic) bond motifs is 5. The van der Waals surface area contributed by atoms with Crippen molar-refractivity contribution in [3.8, 4) is 0 Å². The molecule has 4 nitrogen and oxygen atoms in total. The van der Waals surface area contributed by atoms with Gasteiger partial charge >= 0.3 is 0 Å². The van der Waals surface area contributed by atoms with Gasteiger partial charge in [-0.05, 0) is 12.5 Å². The minimum atomic E-state index is -0.604. The minimum Gasteiger partial charge on any atom is -0.362 e. The maximum atomic E-state index is 12.6. The molecule has 1 aromatic carbocycles. The molecule has 0 aliphatic carbocycles. The Morgan fingerprint density at radius 1 is 1.20 bits per heavy atom. The minimum absolute atomic E-state index is 0.0954. The molecular weight excluding hydrogens is 254 g/mol. The molecule has 2 amide bonds. The van der Waals surface area contributed by atoms with Gasteiger partial charge in [-0.15, -0.1) is 0 Å². The highest BCUT2D eigenvalue weighted by Gasteiger charge is 2.65. The molecule has 0 N–H and O–H groups in total. The largest absolute Gasteiger partial charge is 0.362 e. The molecule has 0 aromatic heterocycles. The van der Waals surface area contributed by atoms with Crippen molar-refractivity contribution < 1.29 is 14.3 Å². The molecule has 0 saturated carbocycles. The molecule has 0 unspecified atom stereocenters. The first-order chi connectivity index (χ1) is 9.60. The molecular formula is C16H15NO3. The van der Waals surface area contributed by atoms with Crippen LogP contribution < -0.4 is 0 Å². The summed E-state index contributed by atoms with van der Waals surface area (Å²) in [6.45, 7) is 2.25. The summed E-state index contributed by atoms with van der Waals surface area (Å²) >= 11 is 0. The third-order valence-corrected chi connectivity index (χ3v) is 4.60. The fourth-order valence-corrected chi connectivity index (χ4v) is 3.63. The Morgan fingerprint density at radius 3 is 2.65 bits per heavy atom. The monoisotopic (exact) mass is 269 g/mol. The number of imide groups is 1. The number of carbonyl (C=O) groups excluding carboxylic acids is 2. The van der Waals surface area contributed by atoms with Crippen molar-refractivity contribution in [1.82, 2.24) is 4.90 Å². The Bertz CT molecular complexity index is 624. The van der Waals surface area contributed by atoms with Crippen molar-refractivity contribution in [2.24, 2.45) is 11.8 Å². The normalized spacial score (nSPS) is 37.9. The molecule has 0 spiro atoms. The van der Waals surface area contributed by atoms with Crippen molar-refractivity contribution in [2.45, 2.75) is 25.2 Å². The SMILES string of the molecule is C[C@@]12C=C[C@@H](O1)[C@H]1C(=O)N(Cc3ccccc3)C(=O)[C@@H]12. The van der Waals surface area contributed by atoms with Gasteiger partial charge in [0.25, 0.3) is 0 Å². The van der Waals surface area contributed by atoms with Crippen molar-refractivity contribution in [2.75, 3.05) is 0 Å². The Balaban J connectivity index is 1.66. The topological polar surface area (TPSA) is 46.6 Å². The van der Waals surface area contributed by atoms with E-state index in [-0.39, 0.29) is 29.8 Å².